The molecule has 0 spiro atoms. The Kier molecular flexibility index (Phi) is 8.11. The highest BCUT2D eigenvalue weighted by molar-refractivity contribution is 9.10. The molecule has 0 aromatic heterocycles. The molecule has 0 heterocycles. The molecule has 1 amide bonds. The zero-order chi connectivity index (χ0) is 24.7. The first kappa shape index (κ1) is 24.6. The van der Waals surface area contributed by atoms with E-state index in [0.29, 0.717) is 28.0 Å². The van der Waals surface area contributed by atoms with Gasteiger partial charge in [-0.25, -0.2) is 4.39 Å². The number of rotatable bonds is 8. The summed E-state index contributed by atoms with van der Waals surface area (Å²) in [4.78, 5) is 23.0. The van der Waals surface area contributed by atoms with Gasteiger partial charge in [-0.1, -0.05) is 40.2 Å². The fourth-order valence-electron chi connectivity index (χ4n) is 3.21. The Morgan fingerprint density at radius 2 is 2.00 bits per heavy atom. The van der Waals surface area contributed by atoms with Crippen LogP contribution in [0.1, 0.15) is 23.6 Å². The third kappa shape index (κ3) is 6.05. The third-order valence-corrected chi connectivity index (χ3v) is 5.50. The summed E-state index contributed by atoms with van der Waals surface area (Å²) in [5.41, 5.74) is 1.54. The molecular weight excluding hydrogens is 505 g/mol. The molecule has 0 aliphatic heterocycles. The number of non-ortho nitro benzene ring substituents is 1. The number of anilines is 1. The molecule has 1 N–H and O–H groups in total. The van der Waals surface area contributed by atoms with Gasteiger partial charge < -0.3 is 10.1 Å². The van der Waals surface area contributed by atoms with Gasteiger partial charge in [0.25, 0.3) is 11.6 Å². The van der Waals surface area contributed by atoms with Crippen LogP contribution < -0.4 is 10.1 Å². The van der Waals surface area contributed by atoms with E-state index in [9.17, 15) is 24.6 Å². The maximum absolute atomic E-state index is 14.2. The molecule has 3 aromatic rings. The molecule has 0 saturated heterocycles. The van der Waals surface area contributed by atoms with E-state index in [1.807, 2.05) is 13.0 Å². The molecule has 0 fully saturated rings. The van der Waals surface area contributed by atoms with E-state index in [4.69, 9.17) is 4.74 Å². The molecule has 34 heavy (non-hydrogen) atoms. The van der Waals surface area contributed by atoms with Crippen molar-refractivity contribution in [3.8, 4) is 11.8 Å². The predicted molar refractivity (Wildman–Crippen MR) is 130 cm³/mol. The van der Waals surface area contributed by atoms with Gasteiger partial charge in [-0.2, -0.15) is 5.26 Å². The molecule has 7 nitrogen and oxygen atoms in total. The molecular formula is C25H19BrFN3O4. The Morgan fingerprint density at radius 3 is 2.68 bits per heavy atom. The van der Waals surface area contributed by atoms with E-state index in [2.05, 4.69) is 21.2 Å². The van der Waals surface area contributed by atoms with Gasteiger partial charge >= 0.3 is 0 Å². The van der Waals surface area contributed by atoms with E-state index in [-0.39, 0.29) is 29.2 Å². The van der Waals surface area contributed by atoms with Gasteiger partial charge in [0.1, 0.15) is 23.2 Å². The van der Waals surface area contributed by atoms with Crippen molar-refractivity contribution in [1.82, 2.24) is 0 Å². The van der Waals surface area contributed by atoms with Crippen molar-refractivity contribution in [2.24, 2.45) is 0 Å². The van der Waals surface area contributed by atoms with Crippen LogP contribution in [0, 0.1) is 27.3 Å². The molecule has 0 aliphatic carbocycles. The standard InChI is InChI=1S/C25H19BrFN3O4/c1-2-34-24-12-16(11-22(26)21(24)13-17-6-3-4-9-23(17)27)10-18(15-28)25(31)29-19-7-5-8-20(14-19)30(32)33/h3-12,14H,2,13H2,1H3,(H,29,31)/b18-10+. The summed E-state index contributed by atoms with van der Waals surface area (Å²) in [5.74, 6) is -0.555. The number of nitrogens with zero attached hydrogens (tertiary/aromatic N) is 2. The average Bonchev–Trinajstić information content (AvgIpc) is 2.81. The minimum atomic E-state index is -0.715. The highest BCUT2D eigenvalue weighted by atomic mass is 79.9. The van der Waals surface area contributed by atoms with Gasteiger partial charge in [-0.3, -0.25) is 14.9 Å². The summed E-state index contributed by atoms with van der Waals surface area (Å²) >= 11 is 3.50. The highest BCUT2D eigenvalue weighted by Crippen LogP contribution is 2.33. The lowest BCUT2D eigenvalue weighted by Gasteiger charge is -2.14. The number of nitro groups is 1. The second kappa shape index (κ2) is 11.2. The van der Waals surface area contributed by atoms with Gasteiger partial charge in [-0.05, 0) is 48.4 Å². The average molecular weight is 524 g/mol. The Balaban J connectivity index is 1.91. The number of hydrogen-bond donors (Lipinski definition) is 1. The largest absolute Gasteiger partial charge is 0.494 e. The fourth-order valence-corrected chi connectivity index (χ4v) is 3.81. The van der Waals surface area contributed by atoms with Crippen molar-refractivity contribution in [1.29, 1.82) is 5.26 Å². The van der Waals surface area contributed by atoms with Crippen LogP contribution in [0.25, 0.3) is 6.08 Å². The number of hydrogen-bond acceptors (Lipinski definition) is 5. The molecule has 3 rings (SSSR count). The Bertz CT molecular complexity index is 1320. The smallest absolute Gasteiger partial charge is 0.271 e. The number of carbonyl (C=O) groups is 1. The second-order valence-corrected chi connectivity index (χ2v) is 7.97. The zero-order valence-corrected chi connectivity index (χ0v) is 19.6. The number of ether oxygens (including phenoxy) is 1. The van der Waals surface area contributed by atoms with Crippen LogP contribution in [0.5, 0.6) is 5.75 Å². The van der Waals surface area contributed by atoms with Crippen LogP contribution >= 0.6 is 15.9 Å². The number of carbonyl (C=O) groups excluding carboxylic acids is 1. The molecule has 172 valence electrons. The number of halogens is 2. The summed E-state index contributed by atoms with van der Waals surface area (Å²) in [6.07, 6.45) is 1.66. The Morgan fingerprint density at radius 1 is 1.24 bits per heavy atom. The van der Waals surface area contributed by atoms with Crippen molar-refractivity contribution in [2.45, 2.75) is 13.3 Å². The first-order chi connectivity index (χ1) is 16.3. The second-order valence-electron chi connectivity index (χ2n) is 7.11. The molecule has 0 atom stereocenters. The SMILES string of the molecule is CCOc1cc(/C=C(\C#N)C(=O)Nc2cccc([N+](=O)[O-])c2)cc(Br)c1Cc1ccccc1F. The van der Waals surface area contributed by atoms with Crippen molar-refractivity contribution in [2.75, 3.05) is 11.9 Å². The van der Waals surface area contributed by atoms with Crippen LogP contribution in [-0.2, 0) is 11.2 Å². The van der Waals surface area contributed by atoms with Crippen LogP contribution in [0.2, 0.25) is 0 Å². The van der Waals surface area contributed by atoms with Crippen molar-refractivity contribution in [3.63, 3.8) is 0 Å². The van der Waals surface area contributed by atoms with E-state index < -0.39 is 10.8 Å². The lowest BCUT2D eigenvalue weighted by Crippen LogP contribution is -2.13. The summed E-state index contributed by atoms with van der Waals surface area (Å²) in [6, 6.07) is 17.1. The molecule has 0 unspecified atom stereocenters. The lowest BCUT2D eigenvalue weighted by molar-refractivity contribution is -0.384. The number of nitriles is 1. The third-order valence-electron chi connectivity index (χ3n) is 4.79. The first-order valence-electron chi connectivity index (χ1n) is 10.2. The molecule has 0 aliphatic rings. The summed E-state index contributed by atoms with van der Waals surface area (Å²) in [6.45, 7) is 2.18. The number of nitrogens with one attached hydrogen (secondary N) is 1. The van der Waals surface area contributed by atoms with Crippen LogP contribution in [-0.4, -0.2) is 17.4 Å². The van der Waals surface area contributed by atoms with E-state index in [1.165, 1.54) is 36.4 Å². The first-order valence-corrected chi connectivity index (χ1v) is 11.0. The van der Waals surface area contributed by atoms with Gasteiger partial charge in [-0.15, -0.1) is 0 Å². The van der Waals surface area contributed by atoms with Crippen LogP contribution in [0.15, 0.2) is 70.7 Å². The van der Waals surface area contributed by atoms with E-state index in [1.54, 1.807) is 30.3 Å². The topological polar surface area (TPSA) is 105 Å². The minimum absolute atomic E-state index is 0.184. The Hall–Kier alpha value is -4.03. The predicted octanol–water partition coefficient (Wildman–Crippen LogP) is 6.03. The fraction of sp³-hybridized carbons (Fsp3) is 0.120. The molecule has 0 radical (unpaired) electrons. The molecule has 0 bridgehead atoms. The minimum Gasteiger partial charge on any atom is -0.494 e. The quantitative estimate of drug-likeness (QED) is 0.168. The molecule has 9 heteroatoms. The van der Waals surface area contributed by atoms with E-state index in [0.717, 1.165) is 5.56 Å². The summed E-state index contributed by atoms with van der Waals surface area (Å²) in [7, 11) is 0. The zero-order valence-electron chi connectivity index (χ0n) is 18.0. The summed E-state index contributed by atoms with van der Waals surface area (Å²) in [5, 5.41) is 23.0. The van der Waals surface area contributed by atoms with Gasteiger partial charge in [0.15, 0.2) is 0 Å². The van der Waals surface area contributed by atoms with Crippen molar-refractivity contribution >= 4 is 39.3 Å². The van der Waals surface area contributed by atoms with Crippen molar-refractivity contribution in [3.05, 3.63) is 103 Å². The maximum Gasteiger partial charge on any atom is 0.271 e. The van der Waals surface area contributed by atoms with E-state index >= 15 is 0 Å². The van der Waals surface area contributed by atoms with Crippen LogP contribution in [0.3, 0.4) is 0 Å². The number of benzene rings is 3. The molecule has 3 aromatic carbocycles. The monoisotopic (exact) mass is 523 g/mol. The lowest BCUT2D eigenvalue weighted by atomic mass is 10.0. The van der Waals surface area contributed by atoms with Gasteiger partial charge in [0.2, 0.25) is 0 Å². The van der Waals surface area contributed by atoms with Crippen molar-refractivity contribution < 1.29 is 18.8 Å². The van der Waals surface area contributed by atoms with Gasteiger partial charge in [0, 0.05) is 34.3 Å². The summed E-state index contributed by atoms with van der Waals surface area (Å²) < 4.78 is 20.6. The molecule has 0 saturated carbocycles. The number of amides is 1. The Labute approximate surface area is 203 Å². The van der Waals surface area contributed by atoms with Crippen LogP contribution in [0.4, 0.5) is 15.8 Å². The maximum atomic E-state index is 14.2. The normalized spacial score (nSPS) is 10.9. The highest BCUT2D eigenvalue weighted by Gasteiger charge is 2.16. The van der Waals surface area contributed by atoms with Gasteiger partial charge in [0.05, 0.1) is 11.5 Å². The number of nitro benzene ring substituents is 1.